The van der Waals surface area contributed by atoms with Crippen LogP contribution in [0.25, 0.3) is 0 Å². The highest BCUT2D eigenvalue weighted by Crippen LogP contribution is 2.29. The second-order valence-electron chi connectivity index (χ2n) is 3.02. The monoisotopic (exact) mass is 293 g/mol. The fourth-order valence-corrected chi connectivity index (χ4v) is 1.53. The van der Waals surface area contributed by atoms with E-state index in [1.165, 1.54) is 0 Å². The highest BCUT2D eigenvalue weighted by Gasteiger charge is 2.19. The lowest BCUT2D eigenvalue weighted by molar-refractivity contribution is 0.0518. The van der Waals surface area contributed by atoms with E-state index >= 15 is 0 Å². The summed E-state index contributed by atoms with van der Waals surface area (Å²) >= 11 is 3.01. The molecular formula is C10H10BrF2NO2. The van der Waals surface area contributed by atoms with E-state index in [-0.39, 0.29) is 22.3 Å². The molecule has 0 N–H and O–H groups in total. The Kier molecular flexibility index (Phi) is 4.35. The number of aromatic nitrogens is 1. The SMILES string of the molecule is CCOC(=O)c1cc(C(F)F)c(Br)c(C)n1. The summed E-state index contributed by atoms with van der Waals surface area (Å²) in [7, 11) is 0. The van der Waals surface area contributed by atoms with E-state index in [1.807, 2.05) is 0 Å². The summed E-state index contributed by atoms with van der Waals surface area (Å²) in [5.41, 5.74) is -0.0192. The van der Waals surface area contributed by atoms with Crippen molar-refractivity contribution in [1.82, 2.24) is 4.98 Å². The minimum Gasteiger partial charge on any atom is -0.461 e. The minimum absolute atomic E-state index is 0.0992. The molecule has 0 unspecified atom stereocenters. The van der Waals surface area contributed by atoms with E-state index < -0.39 is 12.4 Å². The first-order valence-corrected chi connectivity index (χ1v) is 5.39. The van der Waals surface area contributed by atoms with Crippen molar-refractivity contribution in [2.45, 2.75) is 20.3 Å². The normalized spacial score (nSPS) is 10.6. The Morgan fingerprint density at radius 1 is 1.62 bits per heavy atom. The second-order valence-corrected chi connectivity index (χ2v) is 3.81. The summed E-state index contributed by atoms with van der Waals surface area (Å²) in [6.45, 7) is 3.36. The molecule has 1 aromatic heterocycles. The predicted octanol–water partition coefficient (Wildman–Crippen LogP) is 3.27. The zero-order valence-electron chi connectivity index (χ0n) is 8.76. The van der Waals surface area contributed by atoms with Crippen molar-refractivity contribution >= 4 is 21.9 Å². The van der Waals surface area contributed by atoms with Crippen molar-refractivity contribution in [1.29, 1.82) is 0 Å². The Labute approximate surface area is 99.9 Å². The van der Waals surface area contributed by atoms with Crippen molar-refractivity contribution < 1.29 is 18.3 Å². The van der Waals surface area contributed by atoms with Gasteiger partial charge in [0.05, 0.1) is 12.3 Å². The number of halogens is 3. The Hall–Kier alpha value is -1.04. The molecule has 0 fully saturated rings. The quantitative estimate of drug-likeness (QED) is 0.803. The zero-order valence-corrected chi connectivity index (χ0v) is 10.3. The predicted molar refractivity (Wildman–Crippen MR) is 57.6 cm³/mol. The molecule has 1 aromatic rings. The van der Waals surface area contributed by atoms with E-state index in [9.17, 15) is 13.6 Å². The molecular weight excluding hydrogens is 284 g/mol. The van der Waals surface area contributed by atoms with Crippen molar-refractivity contribution in [3.63, 3.8) is 0 Å². The van der Waals surface area contributed by atoms with Crippen LogP contribution in [0.1, 0.15) is 35.1 Å². The van der Waals surface area contributed by atoms with Gasteiger partial charge in [-0.15, -0.1) is 0 Å². The maximum atomic E-state index is 12.6. The minimum atomic E-state index is -2.66. The summed E-state index contributed by atoms with van der Waals surface area (Å²) in [6, 6.07) is 1.04. The third kappa shape index (κ3) is 2.75. The van der Waals surface area contributed by atoms with Crippen LogP contribution < -0.4 is 0 Å². The summed E-state index contributed by atoms with van der Waals surface area (Å²) in [6.07, 6.45) is -2.66. The average Bonchev–Trinajstić information content (AvgIpc) is 2.21. The van der Waals surface area contributed by atoms with Gasteiger partial charge in [0.2, 0.25) is 0 Å². The highest BCUT2D eigenvalue weighted by molar-refractivity contribution is 9.10. The van der Waals surface area contributed by atoms with Gasteiger partial charge >= 0.3 is 5.97 Å². The van der Waals surface area contributed by atoms with Crippen LogP contribution in [-0.4, -0.2) is 17.6 Å². The fourth-order valence-electron chi connectivity index (χ4n) is 1.15. The maximum absolute atomic E-state index is 12.6. The summed E-state index contributed by atoms with van der Waals surface area (Å²) in [5.74, 6) is -0.694. The van der Waals surface area contributed by atoms with E-state index in [0.717, 1.165) is 6.07 Å². The standard InChI is InChI=1S/C10H10BrF2NO2/c1-3-16-10(15)7-4-6(9(12)13)8(11)5(2)14-7/h4,9H,3H2,1-2H3. The molecule has 1 rings (SSSR count). The van der Waals surface area contributed by atoms with E-state index in [4.69, 9.17) is 4.74 Å². The lowest BCUT2D eigenvalue weighted by Crippen LogP contribution is -2.09. The molecule has 3 nitrogen and oxygen atoms in total. The van der Waals surface area contributed by atoms with Crippen LogP contribution in [0.3, 0.4) is 0 Å². The van der Waals surface area contributed by atoms with Gasteiger partial charge in [0.15, 0.2) is 0 Å². The van der Waals surface area contributed by atoms with Crippen LogP contribution in [0.15, 0.2) is 10.5 Å². The average molecular weight is 294 g/mol. The summed E-state index contributed by atoms with van der Waals surface area (Å²) < 4.78 is 30.2. The largest absolute Gasteiger partial charge is 0.461 e. The second kappa shape index (κ2) is 5.34. The molecule has 6 heteroatoms. The third-order valence-electron chi connectivity index (χ3n) is 1.87. The fraction of sp³-hybridized carbons (Fsp3) is 0.400. The van der Waals surface area contributed by atoms with Gasteiger partial charge in [-0.1, -0.05) is 0 Å². The van der Waals surface area contributed by atoms with Crippen molar-refractivity contribution in [2.75, 3.05) is 6.61 Å². The van der Waals surface area contributed by atoms with E-state index in [1.54, 1.807) is 13.8 Å². The Morgan fingerprint density at radius 2 is 2.25 bits per heavy atom. The van der Waals surface area contributed by atoms with Crippen LogP contribution in [0.4, 0.5) is 8.78 Å². The molecule has 0 aliphatic carbocycles. The van der Waals surface area contributed by atoms with Gasteiger partial charge in [0.1, 0.15) is 5.69 Å². The number of hydrogen-bond donors (Lipinski definition) is 0. The third-order valence-corrected chi connectivity index (χ3v) is 2.90. The molecule has 0 aliphatic heterocycles. The number of hydrogen-bond acceptors (Lipinski definition) is 3. The molecule has 0 saturated heterocycles. The van der Waals surface area contributed by atoms with Crippen molar-refractivity contribution in [3.8, 4) is 0 Å². The number of esters is 1. The first kappa shape index (κ1) is 13.0. The van der Waals surface area contributed by atoms with Gasteiger partial charge in [-0.05, 0) is 35.8 Å². The molecule has 0 radical (unpaired) electrons. The summed E-state index contributed by atoms with van der Waals surface area (Å²) in [5, 5.41) is 0. The first-order valence-electron chi connectivity index (χ1n) is 4.59. The van der Waals surface area contributed by atoms with Crippen LogP contribution >= 0.6 is 15.9 Å². The molecule has 0 amide bonds. The van der Waals surface area contributed by atoms with Gasteiger partial charge in [-0.3, -0.25) is 0 Å². The lowest BCUT2D eigenvalue weighted by atomic mass is 10.2. The van der Waals surface area contributed by atoms with Crippen LogP contribution in [0, 0.1) is 6.92 Å². The Morgan fingerprint density at radius 3 is 2.75 bits per heavy atom. The van der Waals surface area contributed by atoms with E-state index in [0.29, 0.717) is 5.69 Å². The maximum Gasteiger partial charge on any atom is 0.356 e. The molecule has 0 aromatic carbocycles. The molecule has 1 heterocycles. The zero-order chi connectivity index (χ0) is 12.3. The topological polar surface area (TPSA) is 39.2 Å². The highest BCUT2D eigenvalue weighted by atomic mass is 79.9. The number of aryl methyl sites for hydroxylation is 1. The number of pyridine rings is 1. The lowest BCUT2D eigenvalue weighted by Gasteiger charge is -2.08. The molecule has 88 valence electrons. The van der Waals surface area contributed by atoms with Gasteiger partial charge in [-0.25, -0.2) is 18.6 Å². The Bertz CT molecular complexity index is 410. The number of alkyl halides is 2. The van der Waals surface area contributed by atoms with Crippen LogP contribution in [0.2, 0.25) is 0 Å². The number of carbonyl (C=O) groups excluding carboxylic acids is 1. The molecule has 0 atom stereocenters. The molecule has 0 saturated carbocycles. The van der Waals surface area contributed by atoms with Crippen molar-refractivity contribution in [2.24, 2.45) is 0 Å². The molecule has 0 bridgehead atoms. The van der Waals surface area contributed by atoms with Crippen LogP contribution in [0.5, 0.6) is 0 Å². The van der Waals surface area contributed by atoms with E-state index in [2.05, 4.69) is 20.9 Å². The first-order chi connectivity index (χ1) is 7.47. The smallest absolute Gasteiger partial charge is 0.356 e. The Balaban J connectivity index is 3.18. The van der Waals surface area contributed by atoms with Gasteiger partial charge in [-0.2, -0.15) is 0 Å². The number of carbonyl (C=O) groups is 1. The van der Waals surface area contributed by atoms with Gasteiger partial charge in [0.25, 0.3) is 6.43 Å². The molecule has 0 spiro atoms. The molecule has 0 aliphatic rings. The number of rotatable bonds is 3. The number of ether oxygens (including phenoxy) is 1. The van der Waals surface area contributed by atoms with Gasteiger partial charge in [0, 0.05) is 10.0 Å². The van der Waals surface area contributed by atoms with Gasteiger partial charge < -0.3 is 4.74 Å². The molecule has 16 heavy (non-hydrogen) atoms. The summed E-state index contributed by atoms with van der Waals surface area (Å²) in [4.78, 5) is 15.2. The van der Waals surface area contributed by atoms with Crippen molar-refractivity contribution in [3.05, 3.63) is 27.5 Å². The van der Waals surface area contributed by atoms with Crippen LogP contribution in [-0.2, 0) is 4.74 Å². The number of nitrogens with zero attached hydrogens (tertiary/aromatic N) is 1.